The molecule has 0 saturated carbocycles. The van der Waals surface area contributed by atoms with Gasteiger partial charge in [-0.05, 0) is 0 Å². The van der Waals surface area contributed by atoms with Crippen molar-refractivity contribution < 1.29 is 9.53 Å². The molecule has 3 heterocycles. The van der Waals surface area contributed by atoms with E-state index < -0.39 is 0 Å². The largest absolute Gasteiger partial charge is 0.377 e. The Kier molecular flexibility index (Phi) is 2.30. The van der Waals surface area contributed by atoms with E-state index in [1.807, 2.05) is 5.38 Å². The number of aromatic nitrogens is 2. The zero-order valence-corrected chi connectivity index (χ0v) is 9.16. The molecule has 0 atom stereocenters. The van der Waals surface area contributed by atoms with Crippen LogP contribution in [0.2, 0.25) is 0 Å². The van der Waals surface area contributed by atoms with Crippen LogP contribution < -0.4 is 5.32 Å². The molecule has 82 valence electrons. The van der Waals surface area contributed by atoms with Gasteiger partial charge in [-0.2, -0.15) is 0 Å². The SMILES string of the molecule is O=C(NC1COC1)c1csc2cncnc12. The summed E-state index contributed by atoms with van der Waals surface area (Å²) < 4.78 is 5.93. The van der Waals surface area contributed by atoms with Crippen molar-refractivity contribution in [3.63, 3.8) is 0 Å². The smallest absolute Gasteiger partial charge is 0.254 e. The van der Waals surface area contributed by atoms with Gasteiger partial charge in [0.25, 0.3) is 5.91 Å². The van der Waals surface area contributed by atoms with Crippen molar-refractivity contribution >= 4 is 27.5 Å². The number of rotatable bonds is 2. The van der Waals surface area contributed by atoms with Gasteiger partial charge in [-0.25, -0.2) is 9.97 Å². The highest BCUT2D eigenvalue weighted by Crippen LogP contribution is 2.22. The normalized spacial score (nSPS) is 16.0. The number of amides is 1. The monoisotopic (exact) mass is 235 g/mol. The average Bonchev–Trinajstić information content (AvgIpc) is 2.67. The van der Waals surface area contributed by atoms with E-state index in [-0.39, 0.29) is 11.9 Å². The van der Waals surface area contributed by atoms with E-state index in [0.29, 0.717) is 18.8 Å². The van der Waals surface area contributed by atoms with Crippen molar-refractivity contribution in [3.8, 4) is 0 Å². The van der Waals surface area contributed by atoms with Crippen LogP contribution in [0.15, 0.2) is 17.9 Å². The molecule has 0 aromatic carbocycles. The molecule has 3 rings (SSSR count). The van der Waals surface area contributed by atoms with Gasteiger partial charge in [0.2, 0.25) is 0 Å². The van der Waals surface area contributed by atoms with Crippen molar-refractivity contribution in [3.05, 3.63) is 23.5 Å². The number of thiophene rings is 1. The summed E-state index contributed by atoms with van der Waals surface area (Å²) in [4.78, 5) is 19.9. The number of carbonyl (C=O) groups excluding carboxylic acids is 1. The van der Waals surface area contributed by atoms with Gasteiger partial charge in [0, 0.05) is 11.6 Å². The summed E-state index contributed by atoms with van der Waals surface area (Å²) in [5, 5.41) is 4.71. The molecule has 6 heteroatoms. The summed E-state index contributed by atoms with van der Waals surface area (Å²) in [6.45, 7) is 1.20. The average molecular weight is 235 g/mol. The number of nitrogens with zero attached hydrogens (tertiary/aromatic N) is 2. The van der Waals surface area contributed by atoms with Crippen LogP contribution in [0.3, 0.4) is 0 Å². The molecule has 5 nitrogen and oxygen atoms in total. The van der Waals surface area contributed by atoms with E-state index in [4.69, 9.17) is 4.74 Å². The fourth-order valence-corrected chi connectivity index (χ4v) is 2.39. The van der Waals surface area contributed by atoms with Crippen LogP contribution in [0.1, 0.15) is 10.4 Å². The second-order valence-corrected chi connectivity index (χ2v) is 4.50. The number of ether oxygens (including phenoxy) is 1. The van der Waals surface area contributed by atoms with E-state index in [1.165, 1.54) is 17.7 Å². The van der Waals surface area contributed by atoms with Gasteiger partial charge < -0.3 is 10.1 Å². The lowest BCUT2D eigenvalue weighted by atomic mass is 10.2. The van der Waals surface area contributed by atoms with Crippen molar-refractivity contribution in [2.24, 2.45) is 0 Å². The first-order valence-electron chi connectivity index (χ1n) is 4.90. The predicted molar refractivity (Wildman–Crippen MR) is 59.5 cm³/mol. The van der Waals surface area contributed by atoms with Gasteiger partial charge in [0.15, 0.2) is 0 Å². The third kappa shape index (κ3) is 1.56. The molecule has 0 unspecified atom stereocenters. The van der Waals surface area contributed by atoms with Crippen LogP contribution in [0.5, 0.6) is 0 Å². The van der Waals surface area contributed by atoms with Gasteiger partial charge in [-0.3, -0.25) is 4.79 Å². The highest BCUT2D eigenvalue weighted by atomic mass is 32.1. The van der Waals surface area contributed by atoms with Gasteiger partial charge in [0.1, 0.15) is 6.33 Å². The molecule has 1 aliphatic heterocycles. The van der Waals surface area contributed by atoms with Gasteiger partial charge in [0.05, 0.1) is 35.0 Å². The summed E-state index contributed by atoms with van der Waals surface area (Å²) in [5.74, 6) is -0.0850. The second-order valence-electron chi connectivity index (χ2n) is 3.59. The topological polar surface area (TPSA) is 64.1 Å². The summed E-state index contributed by atoms with van der Waals surface area (Å²) >= 11 is 1.48. The Balaban J connectivity index is 1.89. The summed E-state index contributed by atoms with van der Waals surface area (Å²) in [6, 6.07) is 0.143. The minimum absolute atomic E-state index is 0.0850. The van der Waals surface area contributed by atoms with Gasteiger partial charge in [-0.15, -0.1) is 11.3 Å². The quantitative estimate of drug-likeness (QED) is 0.837. The Morgan fingerprint density at radius 2 is 2.44 bits per heavy atom. The number of hydrogen-bond acceptors (Lipinski definition) is 5. The molecule has 0 radical (unpaired) electrons. The van der Waals surface area contributed by atoms with Crippen LogP contribution in [-0.2, 0) is 4.74 Å². The highest BCUT2D eigenvalue weighted by Gasteiger charge is 2.22. The van der Waals surface area contributed by atoms with Crippen molar-refractivity contribution in [2.75, 3.05) is 13.2 Å². The molecule has 1 saturated heterocycles. The van der Waals surface area contributed by atoms with Crippen LogP contribution in [0, 0.1) is 0 Å². The fourth-order valence-electron chi connectivity index (χ4n) is 1.53. The van der Waals surface area contributed by atoms with E-state index in [0.717, 1.165) is 10.2 Å². The number of fused-ring (bicyclic) bond motifs is 1. The van der Waals surface area contributed by atoms with E-state index in [2.05, 4.69) is 15.3 Å². The number of nitrogens with one attached hydrogen (secondary N) is 1. The Morgan fingerprint density at radius 1 is 1.56 bits per heavy atom. The van der Waals surface area contributed by atoms with E-state index >= 15 is 0 Å². The zero-order chi connectivity index (χ0) is 11.0. The predicted octanol–water partition coefficient (Wildman–Crippen LogP) is 0.820. The maximum atomic E-state index is 11.9. The first-order chi connectivity index (χ1) is 7.84. The standard InChI is InChI=1S/C10H9N3O2S/c14-10(13-6-2-15-3-6)7-4-16-8-1-11-5-12-9(7)8/h1,4-6H,2-3H2,(H,13,14). The Bertz CT molecular complexity index is 536. The molecular weight excluding hydrogens is 226 g/mol. The molecule has 1 aliphatic rings. The van der Waals surface area contributed by atoms with Crippen molar-refractivity contribution in [1.82, 2.24) is 15.3 Å². The maximum absolute atomic E-state index is 11.9. The third-order valence-corrected chi connectivity index (χ3v) is 3.36. The minimum atomic E-state index is -0.0850. The molecular formula is C10H9N3O2S. The molecule has 1 N–H and O–H groups in total. The molecule has 2 aromatic rings. The first kappa shape index (κ1) is 9.68. The van der Waals surface area contributed by atoms with Crippen LogP contribution in [0.25, 0.3) is 10.2 Å². The second kappa shape index (κ2) is 3.80. The van der Waals surface area contributed by atoms with E-state index in [1.54, 1.807) is 6.20 Å². The first-order valence-corrected chi connectivity index (χ1v) is 5.78. The summed E-state index contributed by atoms with van der Waals surface area (Å²) in [5.41, 5.74) is 1.34. The Hall–Kier alpha value is -1.53. The van der Waals surface area contributed by atoms with Gasteiger partial charge in [-0.1, -0.05) is 0 Å². The molecule has 2 aromatic heterocycles. The zero-order valence-electron chi connectivity index (χ0n) is 8.34. The van der Waals surface area contributed by atoms with Crippen LogP contribution in [0.4, 0.5) is 0 Å². The molecule has 0 aliphatic carbocycles. The lowest BCUT2D eigenvalue weighted by Crippen LogP contribution is -2.48. The van der Waals surface area contributed by atoms with Crippen molar-refractivity contribution in [1.29, 1.82) is 0 Å². The Morgan fingerprint density at radius 3 is 3.19 bits per heavy atom. The highest BCUT2D eigenvalue weighted by molar-refractivity contribution is 7.17. The van der Waals surface area contributed by atoms with Crippen LogP contribution >= 0.6 is 11.3 Å². The number of carbonyl (C=O) groups is 1. The van der Waals surface area contributed by atoms with Crippen molar-refractivity contribution in [2.45, 2.75) is 6.04 Å². The van der Waals surface area contributed by atoms with Gasteiger partial charge >= 0.3 is 0 Å². The number of hydrogen-bond donors (Lipinski definition) is 1. The lowest BCUT2D eigenvalue weighted by molar-refractivity contribution is -0.00342. The summed E-state index contributed by atoms with van der Waals surface area (Å²) in [7, 11) is 0. The summed E-state index contributed by atoms with van der Waals surface area (Å²) in [6.07, 6.45) is 3.18. The molecule has 1 amide bonds. The van der Waals surface area contributed by atoms with E-state index in [9.17, 15) is 4.79 Å². The maximum Gasteiger partial charge on any atom is 0.254 e. The minimum Gasteiger partial charge on any atom is -0.377 e. The molecule has 0 spiro atoms. The molecule has 1 fully saturated rings. The third-order valence-electron chi connectivity index (χ3n) is 2.46. The fraction of sp³-hybridized carbons (Fsp3) is 0.300. The van der Waals surface area contributed by atoms with Crippen LogP contribution in [-0.4, -0.2) is 35.1 Å². The Labute approximate surface area is 95.5 Å². The molecule has 16 heavy (non-hydrogen) atoms. The lowest BCUT2D eigenvalue weighted by Gasteiger charge is -2.26. The molecule has 0 bridgehead atoms.